The van der Waals surface area contributed by atoms with Crippen molar-refractivity contribution in [1.29, 1.82) is 0 Å². The Bertz CT molecular complexity index is 1070. The van der Waals surface area contributed by atoms with Crippen molar-refractivity contribution in [3.8, 4) is 17.1 Å². The first kappa shape index (κ1) is 18.0. The molecule has 7 nitrogen and oxygen atoms in total. The molecule has 2 unspecified atom stereocenters. The first-order valence-corrected chi connectivity index (χ1v) is 10.1. The lowest BCUT2D eigenvalue weighted by atomic mass is 10.2. The van der Waals surface area contributed by atoms with Gasteiger partial charge in [0, 0.05) is 11.1 Å². The highest BCUT2D eigenvalue weighted by atomic mass is 35.5. The van der Waals surface area contributed by atoms with Crippen molar-refractivity contribution in [2.24, 2.45) is 0 Å². The Kier molecular flexibility index (Phi) is 4.63. The van der Waals surface area contributed by atoms with Gasteiger partial charge in [0.25, 0.3) is 0 Å². The van der Waals surface area contributed by atoms with Crippen LogP contribution in [0, 0.1) is 0 Å². The second kappa shape index (κ2) is 6.95. The molecule has 0 radical (unpaired) electrons. The van der Waals surface area contributed by atoms with Gasteiger partial charge in [-0.1, -0.05) is 35.0 Å². The topological polar surface area (TPSA) is 94.3 Å². The van der Waals surface area contributed by atoms with E-state index in [1.54, 1.807) is 55.6 Å². The van der Waals surface area contributed by atoms with E-state index in [1.165, 1.54) is 0 Å². The van der Waals surface area contributed by atoms with E-state index >= 15 is 0 Å². The molecular formula is C18H16ClN3O4S. The van der Waals surface area contributed by atoms with Crippen molar-refractivity contribution >= 4 is 21.6 Å². The van der Waals surface area contributed by atoms with E-state index in [0.29, 0.717) is 34.5 Å². The lowest BCUT2D eigenvalue weighted by Gasteiger charge is -2.05. The highest BCUT2D eigenvalue weighted by Crippen LogP contribution is 2.42. The molecule has 2 aromatic carbocycles. The van der Waals surface area contributed by atoms with Crippen molar-refractivity contribution in [1.82, 2.24) is 14.9 Å². The van der Waals surface area contributed by atoms with Gasteiger partial charge in [-0.25, -0.2) is 13.1 Å². The number of rotatable bonds is 6. The van der Waals surface area contributed by atoms with Gasteiger partial charge in [-0.05, 0) is 36.8 Å². The van der Waals surface area contributed by atoms with Crippen LogP contribution in [0.2, 0.25) is 5.02 Å². The maximum absolute atomic E-state index is 12.4. The zero-order chi connectivity index (χ0) is 19.0. The predicted octanol–water partition coefficient (Wildman–Crippen LogP) is 3.23. The van der Waals surface area contributed by atoms with Gasteiger partial charge in [-0.2, -0.15) is 4.98 Å². The predicted molar refractivity (Wildman–Crippen MR) is 99.2 cm³/mol. The molecule has 1 fully saturated rings. The lowest BCUT2D eigenvalue weighted by molar-refractivity contribution is 0.377. The molecule has 9 heteroatoms. The first-order chi connectivity index (χ1) is 13.0. The van der Waals surface area contributed by atoms with Crippen molar-refractivity contribution in [2.45, 2.75) is 23.3 Å². The monoisotopic (exact) mass is 405 g/mol. The fourth-order valence-corrected chi connectivity index (χ4v) is 4.30. The maximum atomic E-state index is 12.4. The van der Waals surface area contributed by atoms with Crippen LogP contribution in [0.25, 0.3) is 11.4 Å². The van der Waals surface area contributed by atoms with E-state index in [4.69, 9.17) is 20.9 Å². The Morgan fingerprint density at radius 3 is 2.74 bits per heavy atom. The molecule has 140 valence electrons. The van der Waals surface area contributed by atoms with Crippen LogP contribution in [0.1, 0.15) is 18.2 Å². The number of nitrogens with zero attached hydrogens (tertiary/aromatic N) is 2. The summed E-state index contributed by atoms with van der Waals surface area (Å²) in [7, 11) is -2.03. The molecular weight excluding hydrogens is 390 g/mol. The van der Waals surface area contributed by atoms with E-state index in [0.717, 1.165) is 0 Å². The number of sulfonamides is 1. The lowest BCUT2D eigenvalue weighted by Crippen LogP contribution is -2.26. The van der Waals surface area contributed by atoms with Crippen LogP contribution in [0.4, 0.5) is 0 Å². The van der Waals surface area contributed by atoms with Gasteiger partial charge in [0.15, 0.2) is 0 Å². The summed E-state index contributed by atoms with van der Waals surface area (Å²) in [6.07, 6.45) is 0.598. The summed E-state index contributed by atoms with van der Waals surface area (Å²) in [5, 5.41) is 4.51. The number of hydrogen-bond donors (Lipinski definition) is 1. The molecule has 2 atom stereocenters. The van der Waals surface area contributed by atoms with Gasteiger partial charge in [0.05, 0.1) is 23.5 Å². The van der Waals surface area contributed by atoms with Crippen LogP contribution in [-0.2, 0) is 10.0 Å². The van der Waals surface area contributed by atoms with Gasteiger partial charge >= 0.3 is 0 Å². The molecule has 1 N–H and O–H groups in total. The largest absolute Gasteiger partial charge is 0.496 e. The van der Waals surface area contributed by atoms with Crippen LogP contribution >= 0.6 is 11.6 Å². The Morgan fingerprint density at radius 1 is 1.22 bits per heavy atom. The molecule has 0 aliphatic heterocycles. The minimum atomic E-state index is -3.58. The van der Waals surface area contributed by atoms with Gasteiger partial charge in [-0.3, -0.25) is 0 Å². The molecule has 0 amide bonds. The van der Waals surface area contributed by atoms with Crippen molar-refractivity contribution in [3.05, 3.63) is 59.4 Å². The average molecular weight is 406 g/mol. The van der Waals surface area contributed by atoms with E-state index in [9.17, 15) is 8.42 Å². The van der Waals surface area contributed by atoms with Crippen LogP contribution in [0.3, 0.4) is 0 Å². The number of aromatic nitrogens is 2. The number of nitrogens with one attached hydrogen (secondary N) is 1. The van der Waals surface area contributed by atoms with Gasteiger partial charge in [0.1, 0.15) is 5.75 Å². The summed E-state index contributed by atoms with van der Waals surface area (Å²) in [6.45, 7) is 0. The zero-order valence-corrected chi connectivity index (χ0v) is 15.9. The number of ether oxygens (including phenoxy) is 1. The average Bonchev–Trinajstić information content (AvgIpc) is 3.24. The Hall–Kier alpha value is -2.42. The highest BCUT2D eigenvalue weighted by molar-refractivity contribution is 7.89. The normalized spacial score (nSPS) is 19.0. The summed E-state index contributed by atoms with van der Waals surface area (Å²) in [4.78, 5) is 4.62. The summed E-state index contributed by atoms with van der Waals surface area (Å²) in [5.41, 5.74) is 0.613. The molecule has 3 aromatic rings. The molecule has 1 heterocycles. The van der Waals surface area contributed by atoms with E-state index in [1.807, 2.05) is 0 Å². The number of halogens is 1. The number of methoxy groups -OCH3 is 1. The molecule has 0 spiro atoms. The van der Waals surface area contributed by atoms with Crippen molar-refractivity contribution in [2.75, 3.05) is 7.11 Å². The summed E-state index contributed by atoms with van der Waals surface area (Å²) < 4.78 is 38.1. The fourth-order valence-electron chi connectivity index (χ4n) is 2.82. The van der Waals surface area contributed by atoms with E-state index in [-0.39, 0.29) is 16.9 Å². The molecule has 0 saturated heterocycles. The first-order valence-electron chi connectivity index (χ1n) is 8.23. The van der Waals surface area contributed by atoms with Crippen LogP contribution in [0.5, 0.6) is 5.75 Å². The van der Waals surface area contributed by atoms with Crippen LogP contribution < -0.4 is 9.46 Å². The quantitative estimate of drug-likeness (QED) is 0.676. The van der Waals surface area contributed by atoms with E-state index in [2.05, 4.69) is 14.9 Å². The third-order valence-electron chi connectivity index (χ3n) is 4.31. The van der Waals surface area contributed by atoms with Crippen molar-refractivity contribution in [3.63, 3.8) is 0 Å². The number of benzene rings is 2. The second-order valence-corrected chi connectivity index (χ2v) is 8.33. The second-order valence-electron chi connectivity index (χ2n) is 6.18. The summed E-state index contributed by atoms with van der Waals surface area (Å²) >= 11 is 6.04. The molecule has 1 aliphatic carbocycles. The molecule has 1 aliphatic rings. The Balaban J connectivity index is 1.51. The molecule has 27 heavy (non-hydrogen) atoms. The summed E-state index contributed by atoms with van der Waals surface area (Å²) in [6, 6.07) is 13.1. The Morgan fingerprint density at radius 2 is 2.00 bits per heavy atom. The van der Waals surface area contributed by atoms with Crippen molar-refractivity contribution < 1.29 is 17.7 Å². The standard InChI is InChI=1S/C18H16ClN3O4S/c1-25-16-8-7-11(19)9-14(16)17-20-18(26-21-17)13-10-15(13)22-27(23,24)12-5-3-2-4-6-12/h2-9,13,15,22H,10H2,1H3. The molecule has 0 bridgehead atoms. The minimum absolute atomic E-state index is 0.157. The molecule has 4 rings (SSSR count). The molecule has 1 aromatic heterocycles. The molecule has 1 saturated carbocycles. The van der Waals surface area contributed by atoms with Gasteiger partial charge in [0.2, 0.25) is 21.7 Å². The van der Waals surface area contributed by atoms with Gasteiger partial charge in [-0.15, -0.1) is 0 Å². The van der Waals surface area contributed by atoms with Crippen LogP contribution in [0.15, 0.2) is 57.9 Å². The van der Waals surface area contributed by atoms with E-state index < -0.39 is 10.0 Å². The highest BCUT2D eigenvalue weighted by Gasteiger charge is 2.45. The fraction of sp³-hybridized carbons (Fsp3) is 0.222. The Labute approximate surface area is 161 Å². The third-order valence-corrected chi connectivity index (χ3v) is 6.05. The third kappa shape index (κ3) is 3.69. The van der Waals surface area contributed by atoms with Gasteiger partial charge < -0.3 is 9.26 Å². The maximum Gasteiger partial charge on any atom is 0.240 e. The minimum Gasteiger partial charge on any atom is -0.496 e. The SMILES string of the molecule is COc1ccc(Cl)cc1-c1noc(C2CC2NS(=O)(=O)c2ccccc2)n1. The van der Waals surface area contributed by atoms with Crippen LogP contribution in [-0.4, -0.2) is 31.7 Å². The summed E-state index contributed by atoms with van der Waals surface area (Å²) in [5.74, 6) is 1.15. The zero-order valence-electron chi connectivity index (χ0n) is 14.3. The smallest absolute Gasteiger partial charge is 0.240 e. The number of hydrogen-bond acceptors (Lipinski definition) is 6.